The Morgan fingerprint density at radius 3 is 2.86 bits per heavy atom. The van der Waals surface area contributed by atoms with Crippen molar-refractivity contribution in [1.29, 1.82) is 0 Å². The SMILES string of the molecule is CCc1cc2c(=O)n(CC(=O)N3CCOCC3)c(=S)[nH]c2s1. The first-order valence-corrected chi connectivity index (χ1v) is 8.43. The predicted octanol–water partition coefficient (Wildman–Crippen LogP) is 1.54. The Hall–Kier alpha value is -1.51. The van der Waals surface area contributed by atoms with Crippen molar-refractivity contribution >= 4 is 39.7 Å². The molecule has 1 aliphatic heterocycles. The minimum absolute atomic E-state index is 0.0264. The van der Waals surface area contributed by atoms with Crippen molar-refractivity contribution in [2.75, 3.05) is 26.3 Å². The molecule has 1 amide bonds. The highest BCUT2D eigenvalue weighted by Crippen LogP contribution is 2.21. The van der Waals surface area contributed by atoms with E-state index in [9.17, 15) is 9.59 Å². The molecule has 0 radical (unpaired) electrons. The maximum absolute atomic E-state index is 12.6. The minimum atomic E-state index is -0.198. The van der Waals surface area contributed by atoms with E-state index in [-0.39, 0.29) is 18.0 Å². The lowest BCUT2D eigenvalue weighted by atomic mass is 10.3. The van der Waals surface area contributed by atoms with Gasteiger partial charge in [-0.1, -0.05) is 6.92 Å². The fourth-order valence-electron chi connectivity index (χ4n) is 2.46. The van der Waals surface area contributed by atoms with Gasteiger partial charge in [0.1, 0.15) is 11.4 Å². The number of rotatable bonds is 3. The monoisotopic (exact) mass is 339 g/mol. The number of hydrogen-bond acceptors (Lipinski definition) is 5. The molecule has 3 rings (SSSR count). The van der Waals surface area contributed by atoms with Crippen molar-refractivity contribution < 1.29 is 9.53 Å². The van der Waals surface area contributed by atoms with Gasteiger partial charge in [0.05, 0.1) is 18.6 Å². The van der Waals surface area contributed by atoms with Gasteiger partial charge in [0.25, 0.3) is 5.56 Å². The molecule has 0 unspecified atom stereocenters. The van der Waals surface area contributed by atoms with E-state index in [1.54, 1.807) is 4.90 Å². The molecule has 2 aromatic heterocycles. The quantitative estimate of drug-likeness (QED) is 0.862. The zero-order valence-corrected chi connectivity index (χ0v) is 13.9. The van der Waals surface area contributed by atoms with E-state index >= 15 is 0 Å². The molecule has 118 valence electrons. The second-order valence-corrected chi connectivity index (χ2v) is 6.65. The van der Waals surface area contributed by atoms with Crippen molar-refractivity contribution in [2.24, 2.45) is 0 Å². The Kier molecular flexibility index (Phi) is 4.42. The van der Waals surface area contributed by atoms with E-state index in [4.69, 9.17) is 17.0 Å². The maximum Gasteiger partial charge on any atom is 0.263 e. The van der Waals surface area contributed by atoms with Gasteiger partial charge in [-0.25, -0.2) is 0 Å². The van der Waals surface area contributed by atoms with E-state index in [0.717, 1.165) is 16.1 Å². The number of morpholine rings is 1. The number of carbonyl (C=O) groups is 1. The number of nitrogens with zero attached hydrogens (tertiary/aromatic N) is 2. The third kappa shape index (κ3) is 2.86. The van der Waals surface area contributed by atoms with Gasteiger partial charge >= 0.3 is 0 Å². The average Bonchev–Trinajstić information content (AvgIpc) is 2.95. The van der Waals surface area contributed by atoms with E-state index in [0.29, 0.717) is 36.5 Å². The van der Waals surface area contributed by atoms with E-state index < -0.39 is 0 Å². The highest BCUT2D eigenvalue weighted by Gasteiger charge is 2.19. The Morgan fingerprint density at radius 2 is 2.18 bits per heavy atom. The number of nitrogens with one attached hydrogen (secondary N) is 1. The summed E-state index contributed by atoms with van der Waals surface area (Å²) in [4.78, 5) is 31.6. The molecule has 1 aliphatic rings. The fraction of sp³-hybridized carbons (Fsp3) is 0.500. The Morgan fingerprint density at radius 1 is 1.45 bits per heavy atom. The zero-order chi connectivity index (χ0) is 15.7. The number of aromatic nitrogens is 2. The fourth-order valence-corrected chi connectivity index (χ4v) is 3.76. The number of H-pyrrole nitrogens is 1. The molecule has 6 nitrogen and oxygen atoms in total. The van der Waals surface area contributed by atoms with Gasteiger partial charge in [-0.2, -0.15) is 0 Å². The highest BCUT2D eigenvalue weighted by molar-refractivity contribution is 7.71. The van der Waals surface area contributed by atoms with E-state index in [2.05, 4.69) is 4.98 Å². The number of carbonyl (C=O) groups excluding carboxylic acids is 1. The molecule has 0 aromatic carbocycles. The Balaban J connectivity index is 1.94. The van der Waals surface area contributed by atoms with Crippen LogP contribution in [0.3, 0.4) is 0 Å². The molecule has 0 atom stereocenters. The number of amides is 1. The van der Waals surface area contributed by atoms with Crippen molar-refractivity contribution in [3.63, 3.8) is 0 Å². The number of hydrogen-bond donors (Lipinski definition) is 1. The summed E-state index contributed by atoms with van der Waals surface area (Å²) in [6.45, 7) is 4.21. The van der Waals surface area contributed by atoms with Crippen LogP contribution in [0.2, 0.25) is 0 Å². The summed E-state index contributed by atoms with van der Waals surface area (Å²) in [6, 6.07) is 1.88. The second-order valence-electron chi connectivity index (χ2n) is 5.12. The van der Waals surface area contributed by atoms with Crippen LogP contribution in [0.15, 0.2) is 10.9 Å². The number of aromatic amines is 1. The first-order chi connectivity index (χ1) is 10.6. The van der Waals surface area contributed by atoms with E-state index in [1.807, 2.05) is 13.0 Å². The lowest BCUT2D eigenvalue weighted by Gasteiger charge is -2.27. The van der Waals surface area contributed by atoms with Crippen LogP contribution in [0.4, 0.5) is 0 Å². The number of fused-ring (bicyclic) bond motifs is 1. The van der Waals surface area contributed by atoms with Gasteiger partial charge in [-0.05, 0) is 24.7 Å². The van der Waals surface area contributed by atoms with Crippen molar-refractivity contribution in [3.8, 4) is 0 Å². The molecular formula is C14H17N3O3S2. The van der Waals surface area contributed by atoms with Crippen LogP contribution >= 0.6 is 23.6 Å². The smallest absolute Gasteiger partial charge is 0.263 e. The molecule has 8 heteroatoms. The molecule has 0 aliphatic carbocycles. The van der Waals surface area contributed by atoms with Crippen LogP contribution in [0.25, 0.3) is 10.2 Å². The van der Waals surface area contributed by atoms with Crippen LogP contribution < -0.4 is 5.56 Å². The van der Waals surface area contributed by atoms with Crippen LogP contribution in [0, 0.1) is 4.77 Å². The highest BCUT2D eigenvalue weighted by atomic mass is 32.1. The molecule has 0 spiro atoms. The Labute approximate surface area is 136 Å². The van der Waals surface area contributed by atoms with Crippen LogP contribution in [-0.4, -0.2) is 46.7 Å². The molecule has 2 aromatic rings. The van der Waals surface area contributed by atoms with E-state index in [1.165, 1.54) is 15.9 Å². The predicted molar refractivity (Wildman–Crippen MR) is 88.0 cm³/mol. The van der Waals surface area contributed by atoms with Crippen LogP contribution in [0.1, 0.15) is 11.8 Å². The number of aryl methyl sites for hydroxylation is 1. The second kappa shape index (κ2) is 6.31. The minimum Gasteiger partial charge on any atom is -0.378 e. The average molecular weight is 339 g/mol. The summed E-state index contributed by atoms with van der Waals surface area (Å²) in [6.07, 6.45) is 0.867. The van der Waals surface area contributed by atoms with Gasteiger partial charge in [0.2, 0.25) is 5.91 Å². The standard InChI is InChI=1S/C14H17N3O3S2/c1-2-9-7-10-12(22-9)15-14(21)17(13(10)19)8-11(18)16-3-5-20-6-4-16/h7H,2-6,8H2,1H3,(H,15,21). The molecule has 0 saturated carbocycles. The largest absolute Gasteiger partial charge is 0.378 e. The number of ether oxygens (including phenoxy) is 1. The van der Waals surface area contributed by atoms with Crippen molar-refractivity contribution in [3.05, 3.63) is 26.1 Å². The summed E-state index contributed by atoms with van der Waals surface area (Å²) in [7, 11) is 0. The first kappa shape index (κ1) is 15.4. The third-order valence-electron chi connectivity index (χ3n) is 3.73. The summed E-state index contributed by atoms with van der Waals surface area (Å²) in [5.74, 6) is -0.102. The molecule has 22 heavy (non-hydrogen) atoms. The molecule has 0 bridgehead atoms. The van der Waals surface area contributed by atoms with Gasteiger partial charge in [0.15, 0.2) is 4.77 Å². The summed E-state index contributed by atoms with van der Waals surface area (Å²) in [5.41, 5.74) is -0.198. The molecule has 1 saturated heterocycles. The lowest BCUT2D eigenvalue weighted by molar-refractivity contribution is -0.135. The van der Waals surface area contributed by atoms with Gasteiger partial charge < -0.3 is 14.6 Å². The normalized spacial score (nSPS) is 15.4. The van der Waals surface area contributed by atoms with Gasteiger partial charge in [-0.15, -0.1) is 11.3 Å². The molecule has 3 heterocycles. The summed E-state index contributed by atoms with van der Waals surface area (Å²) in [5, 5.41) is 0.602. The zero-order valence-electron chi connectivity index (χ0n) is 12.3. The summed E-state index contributed by atoms with van der Waals surface area (Å²) >= 11 is 6.78. The van der Waals surface area contributed by atoms with Crippen LogP contribution in [-0.2, 0) is 22.5 Å². The van der Waals surface area contributed by atoms with Crippen molar-refractivity contribution in [1.82, 2.24) is 14.5 Å². The first-order valence-electron chi connectivity index (χ1n) is 7.21. The third-order valence-corrected chi connectivity index (χ3v) is 5.25. The van der Waals surface area contributed by atoms with Gasteiger partial charge in [-0.3, -0.25) is 14.2 Å². The summed E-state index contributed by atoms with van der Waals surface area (Å²) < 4.78 is 6.88. The maximum atomic E-state index is 12.6. The molecular weight excluding hydrogens is 322 g/mol. The molecule has 1 fully saturated rings. The van der Waals surface area contributed by atoms with Crippen molar-refractivity contribution in [2.45, 2.75) is 19.9 Å². The molecule has 1 N–H and O–H groups in total. The number of thiophene rings is 1. The van der Waals surface area contributed by atoms with Crippen LogP contribution in [0.5, 0.6) is 0 Å². The lowest BCUT2D eigenvalue weighted by Crippen LogP contribution is -2.43. The van der Waals surface area contributed by atoms with Gasteiger partial charge in [0, 0.05) is 18.0 Å². The Bertz CT molecular complexity index is 815. The topological polar surface area (TPSA) is 67.3 Å².